The number of nitrogens with zero attached hydrogens (tertiary/aromatic N) is 2. The average Bonchev–Trinajstić information content (AvgIpc) is 3.04. The summed E-state index contributed by atoms with van der Waals surface area (Å²) in [5.41, 5.74) is 1.13. The molecule has 0 bridgehead atoms. The number of hydrogen-bond donors (Lipinski definition) is 1. The van der Waals surface area contributed by atoms with Gasteiger partial charge in [-0.1, -0.05) is 37.3 Å². The number of carbonyl (C=O) groups excluding carboxylic acids is 2. The Labute approximate surface area is 150 Å². The summed E-state index contributed by atoms with van der Waals surface area (Å²) in [6.45, 7) is 5.76. The number of rotatable bonds is 6. The van der Waals surface area contributed by atoms with E-state index in [0.29, 0.717) is 19.5 Å². The van der Waals surface area contributed by atoms with E-state index < -0.39 is 0 Å². The van der Waals surface area contributed by atoms with Gasteiger partial charge < -0.3 is 9.80 Å². The van der Waals surface area contributed by atoms with Gasteiger partial charge in [0.2, 0.25) is 11.8 Å². The Balaban J connectivity index is 1.59. The van der Waals surface area contributed by atoms with Gasteiger partial charge in [-0.15, -0.1) is 0 Å². The number of hydrogen-bond acceptors (Lipinski definition) is 3. The van der Waals surface area contributed by atoms with Crippen LogP contribution in [0.15, 0.2) is 30.3 Å². The van der Waals surface area contributed by atoms with Crippen LogP contribution >= 0.6 is 0 Å². The van der Waals surface area contributed by atoms with Crippen molar-refractivity contribution in [3.63, 3.8) is 0 Å². The van der Waals surface area contributed by atoms with Crippen LogP contribution in [0.4, 0.5) is 0 Å². The summed E-state index contributed by atoms with van der Waals surface area (Å²) in [5, 5.41) is 3.41. The molecule has 0 saturated carbocycles. The Bertz CT molecular complexity index is 582. The smallest absolute Gasteiger partial charge is 0.236 e. The van der Waals surface area contributed by atoms with Crippen molar-refractivity contribution in [1.82, 2.24) is 15.1 Å². The highest BCUT2D eigenvalue weighted by molar-refractivity contribution is 5.79. The van der Waals surface area contributed by atoms with E-state index in [1.807, 2.05) is 28.0 Å². The van der Waals surface area contributed by atoms with Gasteiger partial charge in [-0.25, -0.2) is 0 Å². The fraction of sp³-hybridized carbons (Fsp3) is 0.600. The van der Waals surface area contributed by atoms with Gasteiger partial charge in [0.1, 0.15) is 0 Å². The van der Waals surface area contributed by atoms with Crippen LogP contribution < -0.4 is 5.32 Å². The molecule has 1 atom stereocenters. The van der Waals surface area contributed by atoms with Crippen LogP contribution in [0.3, 0.4) is 0 Å². The van der Waals surface area contributed by atoms with Crippen molar-refractivity contribution in [3.05, 3.63) is 35.9 Å². The summed E-state index contributed by atoms with van der Waals surface area (Å²) in [7, 11) is 0. The van der Waals surface area contributed by atoms with E-state index >= 15 is 0 Å². The van der Waals surface area contributed by atoms with Gasteiger partial charge in [-0.2, -0.15) is 0 Å². The Kier molecular flexibility index (Phi) is 6.08. The molecule has 0 aromatic heterocycles. The monoisotopic (exact) mass is 343 g/mol. The van der Waals surface area contributed by atoms with Gasteiger partial charge in [0.15, 0.2) is 0 Å². The molecule has 5 heteroatoms. The quantitative estimate of drug-likeness (QED) is 0.861. The van der Waals surface area contributed by atoms with Crippen LogP contribution in [0.1, 0.15) is 44.2 Å². The van der Waals surface area contributed by atoms with Crippen LogP contribution in [-0.2, 0) is 9.59 Å². The topological polar surface area (TPSA) is 52.7 Å². The molecule has 3 rings (SSSR count). The SMILES string of the molecule is CC1CCN(C(=O)CN[C@H](CN2CCCC2=O)c2ccccc2)CC1. The number of benzene rings is 1. The highest BCUT2D eigenvalue weighted by Crippen LogP contribution is 2.19. The maximum absolute atomic E-state index is 12.5. The van der Waals surface area contributed by atoms with E-state index in [9.17, 15) is 9.59 Å². The molecule has 2 heterocycles. The minimum Gasteiger partial charge on any atom is -0.342 e. The van der Waals surface area contributed by atoms with E-state index in [2.05, 4.69) is 24.4 Å². The van der Waals surface area contributed by atoms with E-state index in [4.69, 9.17) is 0 Å². The zero-order valence-electron chi connectivity index (χ0n) is 15.1. The number of amides is 2. The largest absolute Gasteiger partial charge is 0.342 e. The Morgan fingerprint density at radius 3 is 2.56 bits per heavy atom. The van der Waals surface area contributed by atoms with Crippen LogP contribution in [0.25, 0.3) is 0 Å². The Hall–Kier alpha value is -1.88. The first-order chi connectivity index (χ1) is 12.1. The first-order valence-corrected chi connectivity index (χ1v) is 9.47. The normalized spacial score (nSPS) is 20.1. The molecule has 2 fully saturated rings. The molecule has 1 N–H and O–H groups in total. The maximum atomic E-state index is 12.5. The predicted molar refractivity (Wildman–Crippen MR) is 98.0 cm³/mol. The highest BCUT2D eigenvalue weighted by atomic mass is 16.2. The molecule has 0 radical (unpaired) electrons. The fourth-order valence-electron chi connectivity index (χ4n) is 3.67. The molecule has 136 valence electrons. The van der Waals surface area contributed by atoms with Gasteiger partial charge in [0.25, 0.3) is 0 Å². The summed E-state index contributed by atoms with van der Waals surface area (Å²) in [6.07, 6.45) is 3.77. The molecule has 2 aliphatic heterocycles. The summed E-state index contributed by atoms with van der Waals surface area (Å²) in [5.74, 6) is 1.11. The van der Waals surface area contributed by atoms with E-state index in [1.165, 1.54) is 0 Å². The fourth-order valence-corrected chi connectivity index (χ4v) is 3.67. The molecule has 0 aliphatic carbocycles. The number of carbonyl (C=O) groups is 2. The third-order valence-corrected chi connectivity index (χ3v) is 5.41. The molecule has 1 aromatic rings. The highest BCUT2D eigenvalue weighted by Gasteiger charge is 2.25. The van der Waals surface area contributed by atoms with Gasteiger partial charge in [-0.3, -0.25) is 14.9 Å². The maximum Gasteiger partial charge on any atom is 0.236 e. The number of likely N-dealkylation sites (tertiary alicyclic amines) is 2. The van der Waals surface area contributed by atoms with Crippen LogP contribution in [0.5, 0.6) is 0 Å². The zero-order chi connectivity index (χ0) is 17.6. The third-order valence-electron chi connectivity index (χ3n) is 5.41. The number of nitrogens with one attached hydrogen (secondary N) is 1. The Morgan fingerprint density at radius 1 is 1.20 bits per heavy atom. The summed E-state index contributed by atoms with van der Waals surface area (Å²) < 4.78 is 0. The first-order valence-electron chi connectivity index (χ1n) is 9.47. The molecule has 1 aromatic carbocycles. The standard InChI is InChI=1S/C20H29N3O2/c1-16-9-12-22(13-10-16)20(25)14-21-18(17-6-3-2-4-7-17)15-23-11-5-8-19(23)24/h2-4,6-7,16,18,21H,5,8-15H2,1H3/t18-/m1/s1. The second-order valence-corrected chi connectivity index (χ2v) is 7.35. The second kappa shape index (κ2) is 8.48. The van der Waals surface area contributed by atoms with Gasteiger partial charge >= 0.3 is 0 Å². The second-order valence-electron chi connectivity index (χ2n) is 7.35. The van der Waals surface area contributed by atoms with Crippen LogP contribution in [0.2, 0.25) is 0 Å². The minimum absolute atomic E-state index is 0.00378. The molecule has 2 amide bonds. The summed E-state index contributed by atoms with van der Waals surface area (Å²) in [4.78, 5) is 28.4. The van der Waals surface area contributed by atoms with Gasteiger partial charge in [0.05, 0.1) is 12.6 Å². The lowest BCUT2D eigenvalue weighted by Gasteiger charge is -2.31. The van der Waals surface area contributed by atoms with Crippen molar-refractivity contribution in [2.24, 2.45) is 5.92 Å². The molecule has 5 nitrogen and oxygen atoms in total. The minimum atomic E-state index is -0.00378. The predicted octanol–water partition coefficient (Wildman–Crippen LogP) is 2.20. The van der Waals surface area contributed by atoms with E-state index in [1.54, 1.807) is 0 Å². The van der Waals surface area contributed by atoms with Crippen molar-refractivity contribution >= 4 is 11.8 Å². The lowest BCUT2D eigenvalue weighted by atomic mass is 9.99. The zero-order valence-corrected chi connectivity index (χ0v) is 15.1. The van der Waals surface area contributed by atoms with Gasteiger partial charge in [-0.05, 0) is 30.7 Å². The summed E-state index contributed by atoms with van der Waals surface area (Å²) >= 11 is 0. The average molecular weight is 343 g/mol. The number of piperidine rings is 1. The lowest BCUT2D eigenvalue weighted by Crippen LogP contribution is -2.45. The molecular formula is C20H29N3O2. The Morgan fingerprint density at radius 2 is 1.92 bits per heavy atom. The van der Waals surface area contributed by atoms with Crippen molar-refractivity contribution in [1.29, 1.82) is 0 Å². The van der Waals surface area contributed by atoms with Gasteiger partial charge in [0, 0.05) is 32.6 Å². The summed E-state index contributed by atoms with van der Waals surface area (Å²) in [6, 6.07) is 10.1. The van der Waals surface area contributed by atoms with E-state index in [0.717, 1.165) is 50.4 Å². The van der Waals surface area contributed by atoms with Crippen molar-refractivity contribution in [2.45, 2.75) is 38.6 Å². The van der Waals surface area contributed by atoms with Crippen molar-refractivity contribution in [2.75, 3.05) is 32.7 Å². The molecule has 25 heavy (non-hydrogen) atoms. The van der Waals surface area contributed by atoms with Crippen LogP contribution in [0, 0.1) is 5.92 Å². The lowest BCUT2D eigenvalue weighted by molar-refractivity contribution is -0.131. The van der Waals surface area contributed by atoms with E-state index in [-0.39, 0.29) is 17.9 Å². The molecule has 2 saturated heterocycles. The molecule has 2 aliphatic rings. The van der Waals surface area contributed by atoms with Crippen molar-refractivity contribution in [3.8, 4) is 0 Å². The van der Waals surface area contributed by atoms with Crippen molar-refractivity contribution < 1.29 is 9.59 Å². The molecule has 0 unspecified atom stereocenters. The first kappa shape index (κ1) is 17.9. The third kappa shape index (κ3) is 4.82. The molecule has 0 spiro atoms. The molecular weight excluding hydrogens is 314 g/mol. The van der Waals surface area contributed by atoms with Crippen LogP contribution in [-0.4, -0.2) is 54.3 Å².